The Balaban J connectivity index is 1.99. The fourth-order valence-electron chi connectivity index (χ4n) is 2.14. The molecule has 21 heavy (non-hydrogen) atoms. The largest absolute Gasteiger partial charge is 0.493 e. The summed E-state index contributed by atoms with van der Waals surface area (Å²) in [6.07, 6.45) is 2.50. The lowest BCUT2D eigenvalue weighted by Crippen LogP contribution is -2.11. The highest BCUT2D eigenvalue weighted by Crippen LogP contribution is 2.21. The second kappa shape index (κ2) is 7.22. The Kier molecular flexibility index (Phi) is 5.33. The quantitative estimate of drug-likeness (QED) is 0.609. The van der Waals surface area contributed by atoms with E-state index in [0.29, 0.717) is 6.61 Å². The number of amidine groups is 1. The molecule has 5 heteroatoms. The van der Waals surface area contributed by atoms with Crippen LogP contribution in [0, 0.1) is 5.41 Å². The highest BCUT2D eigenvalue weighted by atomic mass is 32.1. The number of hydrogen-bond acceptors (Lipinski definition) is 4. The number of nitrogens with two attached hydrogens (primary N) is 1. The Morgan fingerprint density at radius 2 is 2.05 bits per heavy atom. The highest BCUT2D eigenvalue weighted by molar-refractivity contribution is 7.13. The van der Waals surface area contributed by atoms with Gasteiger partial charge in [0.05, 0.1) is 22.2 Å². The number of nitrogens with one attached hydrogen (secondary N) is 1. The monoisotopic (exact) mass is 303 g/mol. The minimum absolute atomic E-state index is 0.104. The number of thiazole rings is 1. The van der Waals surface area contributed by atoms with Gasteiger partial charge in [0.2, 0.25) is 0 Å². The van der Waals surface area contributed by atoms with E-state index in [0.717, 1.165) is 40.6 Å². The average Bonchev–Trinajstić information content (AvgIpc) is 2.91. The van der Waals surface area contributed by atoms with E-state index in [1.165, 1.54) is 16.9 Å². The van der Waals surface area contributed by atoms with Gasteiger partial charge in [0.1, 0.15) is 11.6 Å². The molecule has 0 fully saturated rings. The molecule has 0 atom stereocenters. The summed E-state index contributed by atoms with van der Waals surface area (Å²) in [7, 11) is 0. The summed E-state index contributed by atoms with van der Waals surface area (Å²) in [6.45, 7) is 4.74. The van der Waals surface area contributed by atoms with Gasteiger partial charge in [-0.05, 0) is 24.5 Å². The first kappa shape index (κ1) is 15.5. The third kappa shape index (κ3) is 3.82. The number of aromatic nitrogens is 1. The Hall–Kier alpha value is -1.88. The molecule has 0 amide bonds. The SMILES string of the molecule is CCc1ccccc1OCCc1nc(CC)c(C(=N)N)s1. The fraction of sp³-hybridized carbons (Fsp3) is 0.375. The zero-order valence-corrected chi connectivity index (χ0v) is 13.3. The van der Waals surface area contributed by atoms with Crippen LogP contribution in [0.1, 0.15) is 35.0 Å². The Morgan fingerprint density at radius 3 is 2.67 bits per heavy atom. The van der Waals surface area contributed by atoms with Crippen LogP contribution in [0.25, 0.3) is 0 Å². The number of nitrogen functional groups attached to an aromatic ring is 1. The number of hydrogen-bond donors (Lipinski definition) is 2. The third-order valence-electron chi connectivity index (χ3n) is 3.25. The van der Waals surface area contributed by atoms with E-state index in [9.17, 15) is 0 Å². The molecule has 4 nitrogen and oxygen atoms in total. The van der Waals surface area contributed by atoms with Crippen molar-refractivity contribution in [1.82, 2.24) is 4.98 Å². The number of para-hydroxylation sites is 1. The highest BCUT2D eigenvalue weighted by Gasteiger charge is 2.12. The Morgan fingerprint density at radius 1 is 1.29 bits per heavy atom. The van der Waals surface area contributed by atoms with Gasteiger partial charge in [-0.3, -0.25) is 5.41 Å². The smallest absolute Gasteiger partial charge is 0.135 e. The molecule has 2 aromatic rings. The van der Waals surface area contributed by atoms with Crippen molar-refractivity contribution in [1.29, 1.82) is 5.41 Å². The molecular formula is C16H21N3OS. The van der Waals surface area contributed by atoms with Crippen LogP contribution in [-0.4, -0.2) is 17.4 Å². The lowest BCUT2D eigenvalue weighted by Gasteiger charge is -2.09. The molecule has 0 spiro atoms. The maximum absolute atomic E-state index is 7.57. The topological polar surface area (TPSA) is 72.0 Å². The summed E-state index contributed by atoms with van der Waals surface area (Å²) in [6, 6.07) is 8.10. The van der Waals surface area contributed by atoms with Gasteiger partial charge in [0.15, 0.2) is 0 Å². The zero-order valence-electron chi connectivity index (χ0n) is 12.5. The van der Waals surface area contributed by atoms with E-state index >= 15 is 0 Å². The normalized spacial score (nSPS) is 10.6. The number of aryl methyl sites for hydroxylation is 2. The summed E-state index contributed by atoms with van der Waals surface area (Å²) in [5.41, 5.74) is 7.71. The number of ether oxygens (including phenoxy) is 1. The van der Waals surface area contributed by atoms with E-state index in [2.05, 4.69) is 18.0 Å². The van der Waals surface area contributed by atoms with Crippen LogP contribution in [0.15, 0.2) is 24.3 Å². The molecule has 1 heterocycles. The van der Waals surface area contributed by atoms with Crippen LogP contribution in [0.4, 0.5) is 0 Å². The second-order valence-corrected chi connectivity index (χ2v) is 5.79. The van der Waals surface area contributed by atoms with Crippen LogP contribution in [-0.2, 0) is 19.3 Å². The number of rotatable bonds is 7. The predicted molar refractivity (Wildman–Crippen MR) is 87.5 cm³/mol. The van der Waals surface area contributed by atoms with E-state index in [4.69, 9.17) is 15.9 Å². The summed E-state index contributed by atoms with van der Waals surface area (Å²) in [5.74, 6) is 1.05. The molecular weight excluding hydrogens is 282 g/mol. The first-order chi connectivity index (χ1) is 10.2. The van der Waals surface area contributed by atoms with Crippen LogP contribution >= 0.6 is 11.3 Å². The molecule has 0 saturated carbocycles. The van der Waals surface area contributed by atoms with Crippen molar-refractivity contribution < 1.29 is 4.74 Å². The van der Waals surface area contributed by atoms with Crippen molar-refractivity contribution in [2.24, 2.45) is 5.73 Å². The van der Waals surface area contributed by atoms with Crippen molar-refractivity contribution in [3.05, 3.63) is 45.4 Å². The van der Waals surface area contributed by atoms with Gasteiger partial charge >= 0.3 is 0 Å². The van der Waals surface area contributed by atoms with Gasteiger partial charge < -0.3 is 10.5 Å². The van der Waals surface area contributed by atoms with Gasteiger partial charge in [0.25, 0.3) is 0 Å². The van der Waals surface area contributed by atoms with Crippen LogP contribution < -0.4 is 10.5 Å². The van der Waals surface area contributed by atoms with Crippen LogP contribution in [0.2, 0.25) is 0 Å². The molecule has 0 aliphatic rings. The molecule has 1 aromatic carbocycles. The molecule has 0 saturated heterocycles. The summed E-state index contributed by atoms with van der Waals surface area (Å²) < 4.78 is 5.86. The van der Waals surface area contributed by atoms with Gasteiger partial charge in [-0.2, -0.15) is 0 Å². The average molecular weight is 303 g/mol. The van der Waals surface area contributed by atoms with E-state index in [1.807, 2.05) is 25.1 Å². The molecule has 0 aliphatic carbocycles. The van der Waals surface area contributed by atoms with E-state index in [1.54, 1.807) is 0 Å². The van der Waals surface area contributed by atoms with Crippen LogP contribution in [0.5, 0.6) is 5.75 Å². The summed E-state index contributed by atoms with van der Waals surface area (Å²) in [5, 5.41) is 8.55. The maximum atomic E-state index is 7.57. The molecule has 3 N–H and O–H groups in total. The lowest BCUT2D eigenvalue weighted by atomic mass is 10.1. The van der Waals surface area contributed by atoms with E-state index < -0.39 is 0 Å². The van der Waals surface area contributed by atoms with E-state index in [-0.39, 0.29) is 5.84 Å². The van der Waals surface area contributed by atoms with Crippen molar-refractivity contribution in [2.45, 2.75) is 33.1 Å². The van der Waals surface area contributed by atoms with Crippen molar-refractivity contribution in [2.75, 3.05) is 6.61 Å². The van der Waals surface area contributed by atoms with Crippen molar-refractivity contribution >= 4 is 17.2 Å². The van der Waals surface area contributed by atoms with Crippen LogP contribution in [0.3, 0.4) is 0 Å². The molecule has 0 radical (unpaired) electrons. The summed E-state index contributed by atoms with van der Waals surface area (Å²) in [4.78, 5) is 5.33. The van der Waals surface area contributed by atoms with Crippen molar-refractivity contribution in [3.63, 3.8) is 0 Å². The molecule has 0 unspecified atom stereocenters. The third-order valence-corrected chi connectivity index (χ3v) is 4.44. The molecule has 0 aliphatic heterocycles. The fourth-order valence-corrected chi connectivity index (χ4v) is 3.14. The first-order valence-electron chi connectivity index (χ1n) is 7.19. The van der Waals surface area contributed by atoms with Gasteiger partial charge in [-0.1, -0.05) is 32.0 Å². The predicted octanol–water partition coefficient (Wildman–Crippen LogP) is 3.17. The Labute approximate surface area is 129 Å². The lowest BCUT2D eigenvalue weighted by molar-refractivity contribution is 0.318. The molecule has 0 bridgehead atoms. The second-order valence-electron chi connectivity index (χ2n) is 4.71. The standard InChI is InChI=1S/C16H21N3OS/c1-3-11-7-5-6-8-13(11)20-10-9-14-19-12(4-2)15(21-14)16(17)18/h5-8H,3-4,9-10H2,1-2H3,(H3,17,18). The molecule has 112 valence electrons. The minimum Gasteiger partial charge on any atom is -0.493 e. The number of benzene rings is 1. The van der Waals surface area contributed by atoms with Gasteiger partial charge in [-0.15, -0.1) is 11.3 Å². The maximum Gasteiger partial charge on any atom is 0.135 e. The van der Waals surface area contributed by atoms with Gasteiger partial charge in [0, 0.05) is 6.42 Å². The number of nitrogens with zero attached hydrogens (tertiary/aromatic N) is 1. The first-order valence-corrected chi connectivity index (χ1v) is 8.01. The molecule has 1 aromatic heterocycles. The Bertz CT molecular complexity index is 622. The van der Waals surface area contributed by atoms with Gasteiger partial charge in [-0.25, -0.2) is 4.98 Å². The summed E-state index contributed by atoms with van der Waals surface area (Å²) >= 11 is 1.50. The van der Waals surface area contributed by atoms with Crippen molar-refractivity contribution in [3.8, 4) is 5.75 Å². The molecule has 2 rings (SSSR count). The minimum atomic E-state index is 0.104. The zero-order chi connectivity index (χ0) is 15.2.